The molecule has 1 unspecified atom stereocenters. The van der Waals surface area contributed by atoms with Crippen molar-refractivity contribution in [1.82, 2.24) is 9.80 Å². The molecular weight excluding hydrogens is 332 g/mol. The quantitative estimate of drug-likeness (QED) is 0.895. The second-order valence-electron chi connectivity index (χ2n) is 7.96. The van der Waals surface area contributed by atoms with Crippen molar-refractivity contribution in [2.75, 3.05) is 33.3 Å². The Morgan fingerprint density at radius 3 is 2.54 bits per heavy atom. The van der Waals surface area contributed by atoms with E-state index in [1.54, 1.807) is 7.11 Å². The van der Waals surface area contributed by atoms with Crippen LogP contribution in [0.15, 0.2) is 24.3 Å². The van der Waals surface area contributed by atoms with Crippen molar-refractivity contribution in [3.63, 3.8) is 0 Å². The number of methoxy groups -OCH3 is 1. The Balaban J connectivity index is 1.39. The predicted molar refractivity (Wildman–Crippen MR) is 97.4 cm³/mol. The van der Waals surface area contributed by atoms with E-state index in [2.05, 4.69) is 17.0 Å². The van der Waals surface area contributed by atoms with Gasteiger partial charge in [-0.3, -0.25) is 4.90 Å². The molecule has 1 aliphatic carbocycles. The molecule has 6 heteroatoms. The van der Waals surface area contributed by atoms with Gasteiger partial charge in [-0.2, -0.15) is 0 Å². The Bertz CT molecular complexity index is 636. The SMILES string of the molecule is COc1ccc(CN2CC(C3CCN(C(=O)O)CC3)OC3(CC3)C2)cc1. The summed E-state index contributed by atoms with van der Waals surface area (Å²) in [6, 6.07) is 8.30. The summed E-state index contributed by atoms with van der Waals surface area (Å²) in [6.07, 6.45) is 3.54. The number of amides is 1. The molecule has 2 saturated heterocycles. The summed E-state index contributed by atoms with van der Waals surface area (Å²) >= 11 is 0. The summed E-state index contributed by atoms with van der Waals surface area (Å²) < 4.78 is 11.7. The molecular formula is C20H28N2O4. The number of morpholine rings is 1. The lowest BCUT2D eigenvalue weighted by Crippen LogP contribution is -2.53. The highest BCUT2D eigenvalue weighted by Crippen LogP contribution is 2.46. The molecule has 26 heavy (non-hydrogen) atoms. The van der Waals surface area contributed by atoms with Gasteiger partial charge in [-0.25, -0.2) is 4.79 Å². The average molecular weight is 360 g/mol. The van der Waals surface area contributed by atoms with Gasteiger partial charge >= 0.3 is 6.09 Å². The van der Waals surface area contributed by atoms with Crippen LogP contribution in [0.25, 0.3) is 0 Å². The van der Waals surface area contributed by atoms with E-state index in [1.165, 1.54) is 10.5 Å². The molecule has 6 nitrogen and oxygen atoms in total. The van der Waals surface area contributed by atoms with E-state index < -0.39 is 6.09 Å². The lowest BCUT2D eigenvalue weighted by molar-refractivity contribution is -0.132. The topological polar surface area (TPSA) is 62.2 Å². The van der Waals surface area contributed by atoms with Gasteiger partial charge in [-0.15, -0.1) is 0 Å². The molecule has 3 fully saturated rings. The molecule has 1 N–H and O–H groups in total. The zero-order valence-corrected chi connectivity index (χ0v) is 15.4. The number of nitrogens with zero attached hydrogens (tertiary/aromatic N) is 2. The molecule has 2 aliphatic heterocycles. The van der Waals surface area contributed by atoms with Gasteiger partial charge in [-0.1, -0.05) is 12.1 Å². The van der Waals surface area contributed by atoms with Crippen LogP contribution in [-0.4, -0.2) is 66.0 Å². The van der Waals surface area contributed by atoms with Crippen LogP contribution in [0.4, 0.5) is 4.79 Å². The Kier molecular flexibility index (Phi) is 4.80. The lowest BCUT2D eigenvalue weighted by atomic mass is 9.89. The van der Waals surface area contributed by atoms with Gasteiger partial charge in [0.15, 0.2) is 0 Å². The second-order valence-corrected chi connectivity index (χ2v) is 7.96. The molecule has 142 valence electrons. The zero-order chi connectivity index (χ0) is 18.1. The summed E-state index contributed by atoms with van der Waals surface area (Å²) in [6.45, 7) is 4.13. The van der Waals surface area contributed by atoms with Crippen LogP contribution in [0.3, 0.4) is 0 Å². The smallest absolute Gasteiger partial charge is 0.407 e. The highest BCUT2D eigenvalue weighted by Gasteiger charge is 2.51. The van der Waals surface area contributed by atoms with Crippen LogP contribution in [-0.2, 0) is 11.3 Å². The Morgan fingerprint density at radius 2 is 1.96 bits per heavy atom. The average Bonchev–Trinajstić information content (AvgIpc) is 3.40. The third-order valence-corrected chi connectivity index (χ3v) is 6.06. The summed E-state index contributed by atoms with van der Waals surface area (Å²) in [5.41, 5.74) is 1.35. The molecule has 1 saturated carbocycles. The van der Waals surface area contributed by atoms with E-state index in [9.17, 15) is 4.79 Å². The molecule has 0 radical (unpaired) electrons. The monoisotopic (exact) mass is 360 g/mol. The van der Waals surface area contributed by atoms with E-state index in [0.29, 0.717) is 19.0 Å². The van der Waals surface area contributed by atoms with Crippen molar-refractivity contribution < 1.29 is 19.4 Å². The van der Waals surface area contributed by atoms with Crippen molar-refractivity contribution >= 4 is 6.09 Å². The van der Waals surface area contributed by atoms with Crippen LogP contribution in [0.5, 0.6) is 5.75 Å². The van der Waals surface area contributed by atoms with Gasteiger partial charge < -0.3 is 19.5 Å². The number of benzene rings is 1. The standard InChI is InChI=1S/C20H28N2O4/c1-25-17-4-2-15(3-5-17)12-21-13-18(26-20(14-21)8-9-20)16-6-10-22(11-7-16)19(23)24/h2-5,16,18H,6-14H2,1H3,(H,23,24). The van der Waals surface area contributed by atoms with Crippen LogP contribution < -0.4 is 4.74 Å². The van der Waals surface area contributed by atoms with Gasteiger partial charge in [0.05, 0.1) is 18.8 Å². The van der Waals surface area contributed by atoms with Gasteiger partial charge in [0.25, 0.3) is 0 Å². The van der Waals surface area contributed by atoms with E-state index in [-0.39, 0.29) is 11.7 Å². The molecule has 1 amide bonds. The van der Waals surface area contributed by atoms with Crippen LogP contribution in [0, 0.1) is 5.92 Å². The van der Waals surface area contributed by atoms with Crippen LogP contribution >= 0.6 is 0 Å². The number of ether oxygens (including phenoxy) is 2. The summed E-state index contributed by atoms with van der Waals surface area (Å²) in [7, 11) is 1.69. The van der Waals surface area contributed by atoms with Crippen molar-refractivity contribution in [2.45, 2.75) is 43.9 Å². The van der Waals surface area contributed by atoms with E-state index in [1.807, 2.05) is 12.1 Å². The molecule has 3 aliphatic rings. The summed E-state index contributed by atoms with van der Waals surface area (Å²) in [4.78, 5) is 15.2. The molecule has 2 heterocycles. The fraction of sp³-hybridized carbons (Fsp3) is 0.650. The molecule has 1 aromatic rings. The molecule has 1 atom stereocenters. The first-order valence-corrected chi connectivity index (χ1v) is 9.58. The minimum Gasteiger partial charge on any atom is -0.497 e. The van der Waals surface area contributed by atoms with Gasteiger partial charge in [-0.05, 0) is 49.3 Å². The van der Waals surface area contributed by atoms with Crippen LogP contribution in [0.1, 0.15) is 31.2 Å². The van der Waals surface area contributed by atoms with E-state index in [4.69, 9.17) is 14.6 Å². The highest BCUT2D eigenvalue weighted by atomic mass is 16.5. The van der Waals surface area contributed by atoms with Crippen molar-refractivity contribution in [2.24, 2.45) is 5.92 Å². The number of hydrogen-bond donors (Lipinski definition) is 1. The maximum absolute atomic E-state index is 11.1. The van der Waals surface area contributed by atoms with E-state index >= 15 is 0 Å². The third kappa shape index (κ3) is 3.81. The molecule has 0 bridgehead atoms. The maximum Gasteiger partial charge on any atom is 0.407 e. The summed E-state index contributed by atoms with van der Waals surface area (Å²) in [5, 5.41) is 9.15. The second kappa shape index (κ2) is 7.08. The lowest BCUT2D eigenvalue weighted by Gasteiger charge is -2.44. The summed E-state index contributed by atoms with van der Waals surface area (Å²) in [5.74, 6) is 1.35. The number of rotatable bonds is 4. The minimum absolute atomic E-state index is 0.0549. The van der Waals surface area contributed by atoms with Crippen molar-refractivity contribution in [3.05, 3.63) is 29.8 Å². The molecule has 0 aromatic heterocycles. The minimum atomic E-state index is -0.798. The number of likely N-dealkylation sites (tertiary alicyclic amines) is 1. The zero-order valence-electron chi connectivity index (χ0n) is 15.4. The fourth-order valence-electron chi connectivity index (χ4n) is 4.36. The molecule has 1 spiro atoms. The molecule has 1 aromatic carbocycles. The predicted octanol–water partition coefficient (Wildman–Crippen LogP) is 2.82. The Morgan fingerprint density at radius 1 is 1.27 bits per heavy atom. The van der Waals surface area contributed by atoms with Gasteiger partial charge in [0, 0.05) is 32.7 Å². The molecule has 4 rings (SSSR count). The fourth-order valence-corrected chi connectivity index (χ4v) is 4.36. The Labute approximate surface area is 154 Å². The number of hydrogen-bond acceptors (Lipinski definition) is 4. The normalized spacial score (nSPS) is 26.0. The first-order valence-electron chi connectivity index (χ1n) is 9.58. The maximum atomic E-state index is 11.1. The number of carboxylic acid groups (broad SMARTS) is 1. The van der Waals surface area contributed by atoms with Gasteiger partial charge in [0.2, 0.25) is 0 Å². The first-order chi connectivity index (χ1) is 12.6. The van der Waals surface area contributed by atoms with Crippen molar-refractivity contribution in [1.29, 1.82) is 0 Å². The van der Waals surface area contributed by atoms with Crippen LogP contribution in [0.2, 0.25) is 0 Å². The van der Waals surface area contributed by atoms with Gasteiger partial charge in [0.1, 0.15) is 5.75 Å². The number of piperidine rings is 1. The third-order valence-electron chi connectivity index (χ3n) is 6.06. The highest BCUT2D eigenvalue weighted by molar-refractivity contribution is 5.64. The number of carbonyl (C=O) groups is 1. The Hall–Kier alpha value is -1.79. The first kappa shape index (κ1) is 17.6. The largest absolute Gasteiger partial charge is 0.497 e. The van der Waals surface area contributed by atoms with E-state index in [0.717, 1.165) is 51.1 Å². The van der Waals surface area contributed by atoms with Crippen molar-refractivity contribution in [3.8, 4) is 5.75 Å².